The van der Waals surface area contributed by atoms with Gasteiger partial charge in [-0.05, 0) is 36.3 Å². The van der Waals surface area contributed by atoms with E-state index in [0.717, 1.165) is 4.48 Å². The Morgan fingerprint density at radius 3 is 2.22 bits per heavy atom. The summed E-state index contributed by atoms with van der Waals surface area (Å²) in [6.07, 6.45) is 5.72. The number of nitrogens with zero attached hydrogens (tertiary/aromatic N) is 1. The average Bonchev–Trinajstić information content (AvgIpc) is 2.34. The molecule has 0 aliphatic heterocycles. The van der Waals surface area contributed by atoms with E-state index in [4.69, 9.17) is 0 Å². The second kappa shape index (κ2) is 6.75. The molecule has 0 amide bonds. The van der Waals surface area contributed by atoms with Gasteiger partial charge in [0.2, 0.25) is 0 Å². The molecule has 0 fully saturated rings. The summed E-state index contributed by atoms with van der Waals surface area (Å²) in [5.41, 5.74) is 2.68. The molecule has 1 unspecified atom stereocenters. The molecular weight excluding hydrogens is 218 g/mol. The minimum atomic E-state index is 0.704. The maximum Gasteiger partial charge on any atom is 0.0780 e. The molecule has 0 bridgehead atoms. The van der Waals surface area contributed by atoms with Crippen LogP contribution in [0.1, 0.15) is 43.2 Å². The Balaban J connectivity index is 2.56. The first-order chi connectivity index (χ1) is 8.46. The van der Waals surface area contributed by atoms with Crippen molar-refractivity contribution in [1.82, 2.24) is 0 Å². The van der Waals surface area contributed by atoms with Crippen LogP contribution in [0.15, 0.2) is 30.8 Å². The lowest BCUT2D eigenvalue weighted by atomic mass is 9.91. The maximum atomic E-state index is 3.80. The molecule has 1 heteroatoms. The van der Waals surface area contributed by atoms with Crippen LogP contribution in [0.4, 0.5) is 0 Å². The minimum absolute atomic E-state index is 0.704. The fourth-order valence-electron chi connectivity index (χ4n) is 2.32. The van der Waals surface area contributed by atoms with Gasteiger partial charge in [-0.25, -0.2) is 0 Å². The van der Waals surface area contributed by atoms with Crippen molar-refractivity contribution in [3.63, 3.8) is 0 Å². The number of quaternary nitrogens is 1. The summed E-state index contributed by atoms with van der Waals surface area (Å²) < 4.78 is 1.06. The minimum Gasteiger partial charge on any atom is -0.331 e. The van der Waals surface area contributed by atoms with Gasteiger partial charge >= 0.3 is 0 Å². The summed E-state index contributed by atoms with van der Waals surface area (Å²) in [6.45, 7) is 7.34. The van der Waals surface area contributed by atoms with Gasteiger partial charge in [-0.2, -0.15) is 0 Å². The largest absolute Gasteiger partial charge is 0.331 e. The Morgan fingerprint density at radius 2 is 1.78 bits per heavy atom. The van der Waals surface area contributed by atoms with E-state index in [1.54, 1.807) is 0 Å². The quantitative estimate of drug-likeness (QED) is 0.629. The summed E-state index contributed by atoms with van der Waals surface area (Å²) in [6, 6.07) is 8.86. The van der Waals surface area contributed by atoms with E-state index in [1.165, 1.54) is 36.9 Å². The van der Waals surface area contributed by atoms with E-state index in [1.807, 2.05) is 6.08 Å². The van der Waals surface area contributed by atoms with Gasteiger partial charge in [0.25, 0.3) is 0 Å². The Hall–Kier alpha value is -1.08. The second-order valence-corrected chi connectivity index (χ2v) is 6.13. The zero-order valence-electron chi connectivity index (χ0n) is 12.4. The van der Waals surface area contributed by atoms with E-state index < -0.39 is 0 Å². The van der Waals surface area contributed by atoms with Crippen molar-refractivity contribution in [2.75, 3.05) is 27.7 Å². The molecular formula is C17H28N+. The molecule has 0 aliphatic carbocycles. The van der Waals surface area contributed by atoms with Gasteiger partial charge in [0.15, 0.2) is 0 Å². The Bertz CT molecular complexity index is 356. The first-order valence-electron chi connectivity index (χ1n) is 6.99. The van der Waals surface area contributed by atoms with E-state index in [9.17, 15) is 0 Å². The van der Waals surface area contributed by atoms with Gasteiger partial charge in [0.1, 0.15) is 0 Å². The van der Waals surface area contributed by atoms with E-state index in [2.05, 4.69) is 58.9 Å². The highest BCUT2D eigenvalue weighted by molar-refractivity contribution is 5.47. The summed E-state index contributed by atoms with van der Waals surface area (Å²) in [5, 5.41) is 0. The van der Waals surface area contributed by atoms with E-state index in [-0.39, 0.29) is 0 Å². The van der Waals surface area contributed by atoms with Crippen molar-refractivity contribution in [2.45, 2.75) is 32.1 Å². The molecule has 0 saturated heterocycles. The molecule has 0 N–H and O–H groups in total. The molecule has 18 heavy (non-hydrogen) atoms. The molecule has 1 atom stereocenters. The normalized spacial score (nSPS) is 13.3. The van der Waals surface area contributed by atoms with Crippen LogP contribution >= 0.6 is 0 Å². The first-order valence-corrected chi connectivity index (χ1v) is 6.99. The number of hydrogen-bond acceptors (Lipinski definition) is 0. The molecule has 0 radical (unpaired) electrons. The van der Waals surface area contributed by atoms with Gasteiger partial charge in [0, 0.05) is 0 Å². The lowest BCUT2D eigenvalue weighted by Gasteiger charge is -2.25. The van der Waals surface area contributed by atoms with Crippen LogP contribution in [0, 0.1) is 0 Å². The molecule has 1 rings (SSSR count). The highest BCUT2D eigenvalue weighted by atomic mass is 15.3. The molecule has 0 aromatic heterocycles. The predicted octanol–water partition coefficient (Wildman–Crippen LogP) is 4.31. The summed E-state index contributed by atoms with van der Waals surface area (Å²) >= 11 is 0. The Kier molecular flexibility index (Phi) is 5.61. The molecule has 0 spiro atoms. The number of rotatable bonds is 7. The monoisotopic (exact) mass is 246 g/mol. The van der Waals surface area contributed by atoms with Crippen LogP contribution in [0.5, 0.6) is 0 Å². The lowest BCUT2D eigenvalue weighted by Crippen LogP contribution is -2.35. The van der Waals surface area contributed by atoms with Gasteiger partial charge < -0.3 is 4.48 Å². The molecule has 0 heterocycles. The third-order valence-corrected chi connectivity index (χ3v) is 3.52. The van der Waals surface area contributed by atoms with Crippen LogP contribution < -0.4 is 0 Å². The predicted molar refractivity (Wildman–Crippen MR) is 81.7 cm³/mol. The van der Waals surface area contributed by atoms with Crippen LogP contribution in [0.2, 0.25) is 0 Å². The first kappa shape index (κ1) is 15.0. The number of benzene rings is 1. The van der Waals surface area contributed by atoms with Crippen LogP contribution in [-0.4, -0.2) is 32.2 Å². The van der Waals surface area contributed by atoms with Crippen molar-refractivity contribution in [1.29, 1.82) is 0 Å². The SMILES string of the molecule is C=Cc1ccc(C(CC)CCC[N+](C)(C)C)cc1. The summed E-state index contributed by atoms with van der Waals surface area (Å²) in [5.74, 6) is 0.704. The smallest absolute Gasteiger partial charge is 0.0780 e. The molecule has 0 aliphatic rings. The molecule has 1 aromatic carbocycles. The third kappa shape index (κ3) is 5.05. The molecule has 0 saturated carbocycles. The van der Waals surface area contributed by atoms with Crippen LogP contribution in [0.3, 0.4) is 0 Å². The fraction of sp³-hybridized carbons (Fsp3) is 0.529. The van der Waals surface area contributed by atoms with Crippen LogP contribution in [-0.2, 0) is 0 Å². The Morgan fingerprint density at radius 1 is 1.17 bits per heavy atom. The average molecular weight is 246 g/mol. The van der Waals surface area contributed by atoms with Crippen molar-refractivity contribution in [2.24, 2.45) is 0 Å². The lowest BCUT2D eigenvalue weighted by molar-refractivity contribution is -0.870. The van der Waals surface area contributed by atoms with Crippen molar-refractivity contribution >= 4 is 6.08 Å². The molecule has 1 aromatic rings. The summed E-state index contributed by atoms with van der Waals surface area (Å²) in [7, 11) is 6.79. The second-order valence-electron chi connectivity index (χ2n) is 6.13. The highest BCUT2D eigenvalue weighted by Crippen LogP contribution is 2.25. The van der Waals surface area contributed by atoms with Gasteiger partial charge in [0.05, 0.1) is 27.7 Å². The van der Waals surface area contributed by atoms with Gasteiger partial charge in [-0.15, -0.1) is 0 Å². The molecule has 1 nitrogen and oxygen atoms in total. The van der Waals surface area contributed by atoms with Crippen molar-refractivity contribution in [3.8, 4) is 0 Å². The van der Waals surface area contributed by atoms with E-state index in [0.29, 0.717) is 5.92 Å². The highest BCUT2D eigenvalue weighted by Gasteiger charge is 2.12. The van der Waals surface area contributed by atoms with E-state index >= 15 is 0 Å². The fourth-order valence-corrected chi connectivity index (χ4v) is 2.32. The van der Waals surface area contributed by atoms with Crippen LogP contribution in [0.25, 0.3) is 6.08 Å². The number of hydrogen-bond donors (Lipinski definition) is 0. The van der Waals surface area contributed by atoms with Gasteiger partial charge in [-0.1, -0.05) is 43.8 Å². The standard InChI is InChI=1S/C17H28N/c1-6-15-10-12-17(13-11-15)16(7-2)9-8-14-18(3,4)5/h6,10-13,16H,1,7-9,14H2,2-5H3/q+1. The van der Waals surface area contributed by atoms with Crippen molar-refractivity contribution in [3.05, 3.63) is 42.0 Å². The zero-order chi connectivity index (χ0) is 13.6. The van der Waals surface area contributed by atoms with Crippen molar-refractivity contribution < 1.29 is 4.48 Å². The maximum absolute atomic E-state index is 3.80. The third-order valence-electron chi connectivity index (χ3n) is 3.52. The van der Waals surface area contributed by atoms with Gasteiger partial charge in [-0.3, -0.25) is 0 Å². The Labute approximate surface area is 113 Å². The summed E-state index contributed by atoms with van der Waals surface area (Å²) in [4.78, 5) is 0. The topological polar surface area (TPSA) is 0 Å². The zero-order valence-corrected chi connectivity index (χ0v) is 12.4. The molecule has 100 valence electrons.